The van der Waals surface area contributed by atoms with Crippen LogP contribution in [0.25, 0.3) is 0 Å². The number of anilines is 1. The van der Waals surface area contributed by atoms with Gasteiger partial charge in [0.05, 0.1) is 11.6 Å². The number of nitrogens with zero attached hydrogens (tertiary/aromatic N) is 2. The van der Waals surface area contributed by atoms with Gasteiger partial charge in [-0.2, -0.15) is 13.2 Å². The average molecular weight is 380 g/mol. The molecule has 0 bridgehead atoms. The summed E-state index contributed by atoms with van der Waals surface area (Å²) in [6.45, 7) is 6.00. The zero-order chi connectivity index (χ0) is 16.7. The average Bonchev–Trinajstić information content (AvgIpc) is 2.31. The molecule has 122 valence electrons. The maximum absolute atomic E-state index is 13.1. The number of nitrogens with one attached hydrogen (secondary N) is 1. The van der Waals surface area contributed by atoms with Crippen molar-refractivity contribution in [1.29, 1.82) is 0 Å². The molecule has 1 aromatic rings. The van der Waals surface area contributed by atoms with Gasteiger partial charge in [0.2, 0.25) is 5.91 Å². The van der Waals surface area contributed by atoms with Crippen LogP contribution in [0.5, 0.6) is 0 Å². The SMILES string of the molecule is CC(C)(C)C(=O)NC1CN(c2ncc(Br)cc2C(F)(F)F)C1. The van der Waals surface area contributed by atoms with Crippen LogP contribution in [0.4, 0.5) is 19.0 Å². The van der Waals surface area contributed by atoms with Gasteiger partial charge >= 0.3 is 6.18 Å². The van der Waals surface area contributed by atoms with E-state index in [1.54, 1.807) is 20.8 Å². The van der Waals surface area contributed by atoms with E-state index >= 15 is 0 Å². The lowest BCUT2D eigenvalue weighted by atomic mass is 9.94. The number of carbonyl (C=O) groups is 1. The predicted molar refractivity (Wildman–Crippen MR) is 80.5 cm³/mol. The highest BCUT2D eigenvalue weighted by atomic mass is 79.9. The van der Waals surface area contributed by atoms with Crippen molar-refractivity contribution in [3.63, 3.8) is 0 Å². The Hall–Kier alpha value is -1.31. The van der Waals surface area contributed by atoms with E-state index in [1.165, 1.54) is 11.1 Å². The molecule has 0 unspecified atom stereocenters. The third kappa shape index (κ3) is 3.71. The Kier molecular flexibility index (Phi) is 4.43. The van der Waals surface area contributed by atoms with Gasteiger partial charge in [-0.3, -0.25) is 4.79 Å². The van der Waals surface area contributed by atoms with Gasteiger partial charge in [0.25, 0.3) is 0 Å². The Labute approximate surface area is 135 Å². The first-order chi connectivity index (χ1) is 9.98. The number of alkyl halides is 3. The van der Waals surface area contributed by atoms with Crippen molar-refractivity contribution in [2.24, 2.45) is 5.41 Å². The minimum Gasteiger partial charge on any atom is -0.352 e. The van der Waals surface area contributed by atoms with Crippen LogP contribution in [-0.4, -0.2) is 30.0 Å². The summed E-state index contributed by atoms with van der Waals surface area (Å²) in [4.78, 5) is 17.2. The fraction of sp³-hybridized carbons (Fsp3) is 0.571. The minimum absolute atomic E-state index is 0.100. The summed E-state index contributed by atoms with van der Waals surface area (Å²) in [7, 11) is 0. The smallest absolute Gasteiger partial charge is 0.352 e. The summed E-state index contributed by atoms with van der Waals surface area (Å²) in [6, 6.07) is 0.863. The van der Waals surface area contributed by atoms with Gasteiger partial charge in [-0.15, -0.1) is 0 Å². The largest absolute Gasteiger partial charge is 0.419 e. The molecule has 1 amide bonds. The second-order valence-electron chi connectivity index (χ2n) is 6.35. The number of hydrogen-bond acceptors (Lipinski definition) is 3. The Morgan fingerprint density at radius 3 is 2.45 bits per heavy atom. The number of halogens is 4. The van der Waals surface area contributed by atoms with Crippen LogP contribution in [0, 0.1) is 5.41 Å². The van der Waals surface area contributed by atoms with Gasteiger partial charge in [0.15, 0.2) is 0 Å². The summed E-state index contributed by atoms with van der Waals surface area (Å²) in [5.74, 6) is -0.214. The Bertz CT molecular complexity index is 578. The van der Waals surface area contributed by atoms with E-state index in [0.29, 0.717) is 13.1 Å². The summed E-state index contributed by atoms with van der Waals surface area (Å²) in [6.07, 6.45) is -3.13. The van der Waals surface area contributed by atoms with Crippen molar-refractivity contribution in [3.8, 4) is 0 Å². The van der Waals surface area contributed by atoms with E-state index in [-0.39, 0.29) is 22.2 Å². The third-order valence-corrected chi connectivity index (χ3v) is 3.77. The van der Waals surface area contributed by atoms with Crippen molar-refractivity contribution in [2.75, 3.05) is 18.0 Å². The Balaban J connectivity index is 2.07. The van der Waals surface area contributed by atoms with Gasteiger partial charge in [-0.25, -0.2) is 4.98 Å². The highest BCUT2D eigenvalue weighted by molar-refractivity contribution is 9.10. The Morgan fingerprint density at radius 1 is 1.36 bits per heavy atom. The van der Waals surface area contributed by atoms with Gasteiger partial charge in [-0.05, 0) is 22.0 Å². The fourth-order valence-electron chi connectivity index (χ4n) is 2.04. The molecule has 2 rings (SSSR count). The van der Waals surface area contributed by atoms with Crippen LogP contribution >= 0.6 is 15.9 Å². The normalized spacial score (nSPS) is 16.4. The van der Waals surface area contributed by atoms with Gasteiger partial charge in [0, 0.05) is 29.2 Å². The summed E-state index contributed by atoms with van der Waals surface area (Å²) < 4.78 is 39.4. The molecule has 22 heavy (non-hydrogen) atoms. The van der Waals surface area contributed by atoms with E-state index in [0.717, 1.165) is 6.07 Å². The zero-order valence-corrected chi connectivity index (χ0v) is 14.0. The highest BCUT2D eigenvalue weighted by Gasteiger charge is 2.40. The first-order valence-corrected chi connectivity index (χ1v) is 7.56. The van der Waals surface area contributed by atoms with Crippen LogP contribution < -0.4 is 10.2 Å². The molecule has 4 nitrogen and oxygen atoms in total. The molecule has 0 radical (unpaired) electrons. The van der Waals surface area contributed by atoms with Gasteiger partial charge in [0.1, 0.15) is 5.82 Å². The molecule has 1 aliphatic heterocycles. The predicted octanol–water partition coefficient (Wildman–Crippen LogP) is 3.21. The summed E-state index contributed by atoms with van der Waals surface area (Å²) in [5, 5.41) is 2.83. The van der Waals surface area contributed by atoms with Crippen LogP contribution in [-0.2, 0) is 11.0 Å². The molecule has 0 aliphatic carbocycles. The summed E-state index contributed by atoms with van der Waals surface area (Å²) in [5.41, 5.74) is -1.30. The third-order valence-electron chi connectivity index (χ3n) is 3.34. The van der Waals surface area contributed by atoms with E-state index in [4.69, 9.17) is 0 Å². The van der Waals surface area contributed by atoms with E-state index < -0.39 is 17.2 Å². The van der Waals surface area contributed by atoms with Crippen molar-refractivity contribution in [3.05, 3.63) is 22.3 Å². The standard InChI is InChI=1S/C14H17BrF3N3O/c1-13(2,3)12(22)20-9-6-21(7-9)11-10(14(16,17)18)4-8(15)5-19-11/h4-5,9H,6-7H2,1-3H3,(H,20,22). The molecular weight excluding hydrogens is 363 g/mol. The van der Waals surface area contributed by atoms with Crippen molar-refractivity contribution >= 4 is 27.7 Å². The second kappa shape index (κ2) is 5.72. The summed E-state index contributed by atoms with van der Waals surface area (Å²) >= 11 is 3.01. The van der Waals surface area contributed by atoms with Crippen LogP contribution in [0.2, 0.25) is 0 Å². The number of rotatable bonds is 2. The van der Waals surface area contributed by atoms with Crippen molar-refractivity contribution in [1.82, 2.24) is 10.3 Å². The first-order valence-electron chi connectivity index (χ1n) is 6.77. The lowest BCUT2D eigenvalue weighted by Crippen LogP contribution is -2.61. The number of aromatic nitrogens is 1. The molecule has 1 aliphatic rings. The van der Waals surface area contributed by atoms with Gasteiger partial charge in [-0.1, -0.05) is 20.8 Å². The molecule has 1 N–H and O–H groups in total. The van der Waals surface area contributed by atoms with E-state index in [2.05, 4.69) is 26.2 Å². The maximum atomic E-state index is 13.1. The molecule has 0 saturated carbocycles. The quantitative estimate of drug-likeness (QED) is 0.857. The highest BCUT2D eigenvalue weighted by Crippen LogP contribution is 2.38. The van der Waals surface area contributed by atoms with Crippen molar-refractivity contribution < 1.29 is 18.0 Å². The molecule has 8 heteroatoms. The lowest BCUT2D eigenvalue weighted by molar-refractivity contribution is -0.137. The molecule has 0 atom stereocenters. The second-order valence-corrected chi connectivity index (χ2v) is 7.26. The van der Waals surface area contributed by atoms with Crippen LogP contribution in [0.1, 0.15) is 26.3 Å². The molecule has 2 heterocycles. The zero-order valence-electron chi connectivity index (χ0n) is 12.5. The number of carbonyl (C=O) groups excluding carboxylic acids is 1. The van der Waals surface area contributed by atoms with Gasteiger partial charge < -0.3 is 10.2 Å². The van der Waals surface area contributed by atoms with E-state index in [9.17, 15) is 18.0 Å². The fourth-order valence-corrected chi connectivity index (χ4v) is 2.37. The van der Waals surface area contributed by atoms with E-state index in [1.807, 2.05) is 0 Å². The van der Waals surface area contributed by atoms with Crippen molar-refractivity contribution in [2.45, 2.75) is 33.0 Å². The molecule has 1 saturated heterocycles. The number of hydrogen-bond donors (Lipinski definition) is 1. The topological polar surface area (TPSA) is 45.2 Å². The molecular formula is C14H17BrF3N3O. The maximum Gasteiger partial charge on any atom is 0.419 e. The monoisotopic (exact) mass is 379 g/mol. The Morgan fingerprint density at radius 2 is 1.95 bits per heavy atom. The van der Waals surface area contributed by atoms with Crippen LogP contribution in [0.15, 0.2) is 16.7 Å². The first kappa shape index (κ1) is 17.1. The molecule has 0 aromatic carbocycles. The lowest BCUT2D eigenvalue weighted by Gasteiger charge is -2.42. The molecule has 1 aromatic heterocycles. The number of pyridine rings is 1. The minimum atomic E-state index is -4.47. The molecule has 1 fully saturated rings. The molecule has 0 spiro atoms. The number of amides is 1. The van der Waals surface area contributed by atoms with Crippen LogP contribution in [0.3, 0.4) is 0 Å².